The van der Waals surface area contributed by atoms with E-state index in [2.05, 4.69) is 5.32 Å². The normalized spacial score (nSPS) is 11.9. The van der Waals surface area contributed by atoms with Crippen LogP contribution >= 0.6 is 22.9 Å². The molecule has 3 aromatic rings. The van der Waals surface area contributed by atoms with Crippen molar-refractivity contribution in [1.29, 1.82) is 0 Å². The predicted octanol–water partition coefficient (Wildman–Crippen LogP) is 5.94. The molecule has 0 fully saturated rings. The highest BCUT2D eigenvalue weighted by molar-refractivity contribution is 7.16. The molecular weight excluding hydrogens is 439 g/mol. The molecule has 2 aromatic carbocycles. The maximum Gasteiger partial charge on any atom is 0.417 e. The van der Waals surface area contributed by atoms with E-state index in [1.807, 2.05) is 0 Å². The van der Waals surface area contributed by atoms with Gasteiger partial charge in [-0.25, -0.2) is 4.79 Å². The fourth-order valence-corrected chi connectivity index (χ4v) is 3.93. The molecule has 30 heavy (non-hydrogen) atoms. The molecule has 0 aliphatic carbocycles. The average Bonchev–Trinajstić information content (AvgIpc) is 3.15. The van der Waals surface area contributed by atoms with Crippen LogP contribution in [0.1, 0.15) is 20.8 Å². The summed E-state index contributed by atoms with van der Waals surface area (Å²) in [7, 11) is 0. The molecule has 0 spiro atoms. The van der Waals surface area contributed by atoms with E-state index in [9.17, 15) is 27.9 Å². The molecule has 0 atom stereocenters. The van der Waals surface area contributed by atoms with Crippen LogP contribution in [0.4, 0.5) is 13.2 Å². The van der Waals surface area contributed by atoms with Crippen LogP contribution < -0.4 is 5.32 Å². The van der Waals surface area contributed by atoms with Crippen LogP contribution in [0.15, 0.2) is 66.4 Å². The van der Waals surface area contributed by atoms with Gasteiger partial charge in [-0.05, 0) is 36.4 Å². The summed E-state index contributed by atoms with van der Waals surface area (Å²) in [6.07, 6.45) is -3.57. The third-order valence-corrected chi connectivity index (χ3v) is 5.40. The molecule has 0 saturated carbocycles. The Kier molecular flexibility index (Phi) is 6.28. The van der Waals surface area contributed by atoms with Gasteiger partial charge in [-0.15, -0.1) is 11.3 Å². The first kappa shape index (κ1) is 21.6. The Bertz CT molecular complexity index is 1140. The van der Waals surface area contributed by atoms with Crippen molar-refractivity contribution in [3.63, 3.8) is 0 Å². The Balaban J connectivity index is 1.90. The van der Waals surface area contributed by atoms with E-state index in [0.29, 0.717) is 9.90 Å². The third kappa shape index (κ3) is 4.90. The van der Waals surface area contributed by atoms with E-state index in [0.717, 1.165) is 28.6 Å². The average molecular weight is 452 g/mol. The number of carboxylic acids is 1. The second-order valence-corrected chi connectivity index (χ2v) is 7.57. The minimum absolute atomic E-state index is 0.478. The zero-order valence-electron chi connectivity index (χ0n) is 15.0. The molecule has 0 aliphatic heterocycles. The number of benzene rings is 2. The molecule has 0 aliphatic rings. The summed E-state index contributed by atoms with van der Waals surface area (Å²) in [5, 5.41) is 12.0. The topological polar surface area (TPSA) is 66.4 Å². The summed E-state index contributed by atoms with van der Waals surface area (Å²) in [5.74, 6) is -2.65. The van der Waals surface area contributed by atoms with Crippen molar-refractivity contribution >= 4 is 40.9 Å². The van der Waals surface area contributed by atoms with Gasteiger partial charge in [-0.1, -0.05) is 41.9 Å². The Labute approximate surface area is 178 Å². The van der Waals surface area contributed by atoms with Gasteiger partial charge in [0.05, 0.1) is 11.1 Å². The van der Waals surface area contributed by atoms with Gasteiger partial charge >= 0.3 is 12.1 Å². The maximum absolute atomic E-state index is 13.1. The standard InChI is InChI=1S/C21H13ClF3NO3S/c22-16-8-4-2-6-14(16)18-10-9-12(30-18)11-17(20(28)29)26-19(27)13-5-1-3-7-15(13)21(23,24)25/h1-11H,(H,26,27)(H,28,29)/b17-11-. The fourth-order valence-electron chi connectivity index (χ4n) is 2.65. The number of rotatable bonds is 5. The van der Waals surface area contributed by atoms with Gasteiger partial charge in [0.15, 0.2) is 0 Å². The third-order valence-electron chi connectivity index (χ3n) is 4.01. The van der Waals surface area contributed by atoms with Crippen molar-refractivity contribution in [2.75, 3.05) is 0 Å². The lowest BCUT2D eigenvalue weighted by Crippen LogP contribution is -2.29. The molecule has 154 valence electrons. The minimum Gasteiger partial charge on any atom is -0.477 e. The monoisotopic (exact) mass is 451 g/mol. The number of halogens is 4. The molecule has 0 bridgehead atoms. The van der Waals surface area contributed by atoms with Crippen LogP contribution in [0.25, 0.3) is 16.5 Å². The smallest absolute Gasteiger partial charge is 0.417 e. The van der Waals surface area contributed by atoms with Crippen molar-refractivity contribution < 1.29 is 27.9 Å². The largest absolute Gasteiger partial charge is 0.477 e. The number of hydrogen-bond acceptors (Lipinski definition) is 3. The number of amides is 1. The quantitative estimate of drug-likeness (QED) is 0.471. The van der Waals surface area contributed by atoms with E-state index >= 15 is 0 Å². The minimum atomic E-state index is -4.75. The van der Waals surface area contributed by atoms with Crippen molar-refractivity contribution in [2.24, 2.45) is 0 Å². The summed E-state index contributed by atoms with van der Waals surface area (Å²) in [5.41, 5.74) is -1.61. The van der Waals surface area contributed by atoms with Crippen molar-refractivity contribution in [3.05, 3.63) is 87.4 Å². The number of thiophene rings is 1. The van der Waals surface area contributed by atoms with Crippen LogP contribution in [0.3, 0.4) is 0 Å². The molecule has 9 heteroatoms. The zero-order chi connectivity index (χ0) is 21.9. The van der Waals surface area contributed by atoms with Gasteiger partial charge in [0.2, 0.25) is 0 Å². The van der Waals surface area contributed by atoms with Crippen LogP contribution in [-0.2, 0) is 11.0 Å². The number of carboxylic acid groups (broad SMARTS) is 1. The molecule has 0 radical (unpaired) electrons. The number of alkyl halides is 3. The van der Waals surface area contributed by atoms with Gasteiger partial charge in [-0.3, -0.25) is 4.79 Å². The molecule has 0 unspecified atom stereocenters. The predicted molar refractivity (Wildman–Crippen MR) is 109 cm³/mol. The first-order chi connectivity index (χ1) is 14.2. The highest BCUT2D eigenvalue weighted by Gasteiger charge is 2.35. The molecular formula is C21H13ClF3NO3S. The highest BCUT2D eigenvalue weighted by atomic mass is 35.5. The zero-order valence-corrected chi connectivity index (χ0v) is 16.6. The Morgan fingerprint density at radius 3 is 2.33 bits per heavy atom. The number of nitrogens with one attached hydrogen (secondary N) is 1. The number of carbonyl (C=O) groups is 2. The highest BCUT2D eigenvalue weighted by Crippen LogP contribution is 2.34. The molecule has 1 aromatic heterocycles. The maximum atomic E-state index is 13.1. The molecule has 2 N–H and O–H groups in total. The first-order valence-electron chi connectivity index (χ1n) is 8.44. The van der Waals surface area contributed by atoms with Gasteiger partial charge in [0, 0.05) is 20.3 Å². The lowest BCUT2D eigenvalue weighted by atomic mass is 10.1. The van der Waals surface area contributed by atoms with Crippen LogP contribution in [0.5, 0.6) is 0 Å². The molecule has 3 rings (SSSR count). The Morgan fingerprint density at radius 1 is 1.00 bits per heavy atom. The van der Waals surface area contributed by atoms with Crippen LogP contribution in [0, 0.1) is 0 Å². The van der Waals surface area contributed by atoms with E-state index in [4.69, 9.17) is 11.6 Å². The van der Waals surface area contributed by atoms with E-state index in [1.165, 1.54) is 23.5 Å². The number of aliphatic carboxylic acids is 1. The first-order valence-corrected chi connectivity index (χ1v) is 9.63. The number of hydrogen-bond donors (Lipinski definition) is 2. The van der Waals surface area contributed by atoms with E-state index < -0.39 is 34.9 Å². The SMILES string of the molecule is O=C(O)/C(=C/c1ccc(-c2ccccc2Cl)s1)NC(=O)c1ccccc1C(F)(F)F. The molecule has 1 heterocycles. The van der Waals surface area contributed by atoms with E-state index in [-0.39, 0.29) is 0 Å². The van der Waals surface area contributed by atoms with Gasteiger partial charge < -0.3 is 10.4 Å². The molecule has 1 amide bonds. The molecule has 4 nitrogen and oxygen atoms in total. The Morgan fingerprint density at radius 2 is 1.67 bits per heavy atom. The number of carbonyl (C=O) groups excluding carboxylic acids is 1. The van der Waals surface area contributed by atoms with Crippen LogP contribution in [-0.4, -0.2) is 17.0 Å². The summed E-state index contributed by atoms with van der Waals surface area (Å²) in [6.45, 7) is 0. The van der Waals surface area contributed by atoms with Crippen molar-refractivity contribution in [3.8, 4) is 10.4 Å². The second kappa shape index (κ2) is 8.73. The summed E-state index contributed by atoms with van der Waals surface area (Å²) >= 11 is 7.38. The van der Waals surface area contributed by atoms with E-state index in [1.54, 1.807) is 36.4 Å². The molecule has 0 saturated heterocycles. The lowest BCUT2D eigenvalue weighted by molar-refractivity contribution is -0.138. The summed E-state index contributed by atoms with van der Waals surface area (Å²) in [6, 6.07) is 14.6. The summed E-state index contributed by atoms with van der Waals surface area (Å²) in [4.78, 5) is 25.2. The Hall–Kier alpha value is -3.10. The summed E-state index contributed by atoms with van der Waals surface area (Å²) < 4.78 is 39.4. The fraction of sp³-hybridized carbons (Fsp3) is 0.0476. The van der Waals surface area contributed by atoms with Gasteiger partial charge in [0.1, 0.15) is 5.70 Å². The van der Waals surface area contributed by atoms with Crippen LogP contribution in [0.2, 0.25) is 5.02 Å². The van der Waals surface area contributed by atoms with Gasteiger partial charge in [0.25, 0.3) is 5.91 Å². The lowest BCUT2D eigenvalue weighted by Gasteiger charge is -2.12. The van der Waals surface area contributed by atoms with Crippen molar-refractivity contribution in [1.82, 2.24) is 5.32 Å². The van der Waals surface area contributed by atoms with Crippen molar-refractivity contribution in [2.45, 2.75) is 6.18 Å². The second-order valence-electron chi connectivity index (χ2n) is 6.04. The van der Waals surface area contributed by atoms with Gasteiger partial charge in [-0.2, -0.15) is 13.2 Å².